The Labute approximate surface area is 87.1 Å². The van der Waals surface area contributed by atoms with Gasteiger partial charge in [0.1, 0.15) is 11.6 Å². The number of aromatic nitrogens is 1. The summed E-state index contributed by atoms with van der Waals surface area (Å²) in [5.41, 5.74) is 2.03. The van der Waals surface area contributed by atoms with E-state index in [4.69, 9.17) is 5.26 Å². The zero-order chi connectivity index (χ0) is 11.3. The van der Waals surface area contributed by atoms with Crippen LogP contribution in [-0.4, -0.2) is 10.4 Å². The minimum absolute atomic E-state index is 0.0980. The summed E-state index contributed by atoms with van der Waals surface area (Å²) >= 11 is 0. The number of rotatable bonds is 0. The van der Waals surface area contributed by atoms with Gasteiger partial charge in [0.15, 0.2) is 0 Å². The predicted octanol–water partition coefficient (Wildman–Crippen LogP) is 0.900. The number of Topliss-reactive ketones (excluding diaryl/α,β-unsaturated/α-hetero) is 1. The maximum atomic E-state index is 11.8. The molecule has 1 heterocycles. The van der Waals surface area contributed by atoms with Gasteiger partial charge < -0.3 is 9.67 Å². The number of nitriles is 1. The molecule has 0 bridgehead atoms. The first kappa shape index (κ1) is 9.53. The van der Waals surface area contributed by atoms with Gasteiger partial charge in [-0.1, -0.05) is 0 Å². The van der Waals surface area contributed by atoms with Crippen molar-refractivity contribution in [3.05, 3.63) is 22.4 Å². The van der Waals surface area contributed by atoms with Gasteiger partial charge in [-0.3, -0.25) is 4.79 Å². The van der Waals surface area contributed by atoms with Crippen molar-refractivity contribution in [1.29, 1.82) is 5.26 Å². The summed E-state index contributed by atoms with van der Waals surface area (Å²) in [5, 5.41) is 20.6. The second kappa shape index (κ2) is 2.74. The van der Waals surface area contributed by atoms with Gasteiger partial charge >= 0.3 is 0 Å². The van der Waals surface area contributed by atoms with E-state index in [1.165, 1.54) is 4.57 Å². The molecule has 0 aromatic carbocycles. The quantitative estimate of drug-likeness (QED) is 0.626. The third-order valence-electron chi connectivity index (χ3n) is 2.95. The van der Waals surface area contributed by atoms with Crippen molar-refractivity contribution in [3.63, 3.8) is 0 Å². The summed E-state index contributed by atoms with van der Waals surface area (Å²) in [4.78, 5) is 11.8. The molecule has 0 spiro atoms. The molecule has 0 amide bonds. The molecule has 0 aliphatic heterocycles. The van der Waals surface area contributed by atoms with Crippen LogP contribution in [-0.2, 0) is 7.05 Å². The van der Waals surface area contributed by atoms with Gasteiger partial charge in [-0.2, -0.15) is 5.26 Å². The Kier molecular flexibility index (Phi) is 1.74. The largest absolute Gasteiger partial charge is 0.860 e. The number of hydrogen-bond acceptors (Lipinski definition) is 3. The van der Waals surface area contributed by atoms with Crippen molar-refractivity contribution in [2.45, 2.75) is 13.8 Å². The molecule has 0 unspecified atom stereocenters. The summed E-state index contributed by atoms with van der Waals surface area (Å²) in [6, 6.07) is 1.85. The highest BCUT2D eigenvalue weighted by molar-refractivity contribution is 6.24. The van der Waals surface area contributed by atoms with Crippen LogP contribution in [0.5, 0.6) is 5.88 Å². The Balaban J connectivity index is 2.86. The summed E-state index contributed by atoms with van der Waals surface area (Å²) in [7, 11) is 1.63. The lowest BCUT2D eigenvalue weighted by molar-refractivity contribution is -0.278. The fourth-order valence-electron chi connectivity index (χ4n) is 1.96. The van der Waals surface area contributed by atoms with Crippen LogP contribution in [0.1, 0.15) is 28.5 Å². The van der Waals surface area contributed by atoms with Crippen LogP contribution >= 0.6 is 0 Å². The van der Waals surface area contributed by atoms with Crippen molar-refractivity contribution in [2.24, 2.45) is 7.05 Å². The Morgan fingerprint density at radius 3 is 2.40 bits per heavy atom. The molecule has 1 aromatic heterocycles. The normalized spacial score (nSPS) is 14.4. The summed E-state index contributed by atoms with van der Waals surface area (Å²) in [6.45, 7) is 3.36. The molecule has 0 saturated heterocycles. The van der Waals surface area contributed by atoms with E-state index in [-0.39, 0.29) is 17.2 Å². The molecule has 76 valence electrons. The summed E-state index contributed by atoms with van der Waals surface area (Å²) in [5.74, 6) is -0.515. The van der Waals surface area contributed by atoms with Gasteiger partial charge in [0, 0.05) is 18.3 Å². The number of hydrogen-bond donors (Lipinski definition) is 0. The van der Waals surface area contributed by atoms with Gasteiger partial charge in [-0.15, -0.1) is 0 Å². The van der Waals surface area contributed by atoms with Crippen LogP contribution < -0.4 is 5.11 Å². The molecule has 0 N–H and O–H groups in total. The van der Waals surface area contributed by atoms with Crippen molar-refractivity contribution in [3.8, 4) is 11.9 Å². The predicted molar refractivity (Wildman–Crippen MR) is 52.1 cm³/mol. The molecule has 15 heavy (non-hydrogen) atoms. The number of carbonyl (C=O) groups is 1. The van der Waals surface area contributed by atoms with Gasteiger partial charge in [0.25, 0.3) is 0 Å². The smallest absolute Gasteiger partial charge is 0.206 e. The number of allylic oxidation sites excluding steroid dienone is 2. The second-order valence-electron chi connectivity index (χ2n) is 3.64. The third kappa shape index (κ3) is 0.922. The first-order chi connectivity index (χ1) is 7.00. The standard InChI is InChI=1S/C11H10N2O2/c1-5-7(4-12)10(14)9-6(2)13(3)11(15)8(5)9/h15H,1-3H3/p-1. The maximum absolute atomic E-state index is 11.8. The SMILES string of the molecule is CC1=C(C#N)C(=O)c2c1c([O-])n(C)c2C. The zero-order valence-corrected chi connectivity index (χ0v) is 8.71. The Morgan fingerprint density at radius 1 is 1.33 bits per heavy atom. The molecule has 1 aliphatic carbocycles. The summed E-state index contributed by atoms with van der Waals surface area (Å²) < 4.78 is 1.44. The van der Waals surface area contributed by atoms with Crippen LogP contribution in [0.4, 0.5) is 0 Å². The number of nitrogens with zero attached hydrogens (tertiary/aromatic N) is 2. The van der Waals surface area contributed by atoms with E-state index in [1.807, 2.05) is 6.07 Å². The van der Waals surface area contributed by atoms with Crippen molar-refractivity contribution < 1.29 is 9.90 Å². The molecule has 0 saturated carbocycles. The van der Waals surface area contributed by atoms with Crippen LogP contribution in [0.25, 0.3) is 5.57 Å². The molecule has 1 aromatic rings. The zero-order valence-electron chi connectivity index (χ0n) is 8.71. The Bertz CT molecular complexity index is 556. The van der Waals surface area contributed by atoms with Crippen LogP contribution in [0.3, 0.4) is 0 Å². The highest BCUT2D eigenvalue weighted by atomic mass is 16.3. The molecule has 0 fully saturated rings. The third-order valence-corrected chi connectivity index (χ3v) is 2.95. The van der Waals surface area contributed by atoms with Crippen molar-refractivity contribution in [2.75, 3.05) is 0 Å². The lowest BCUT2D eigenvalue weighted by atomic mass is 10.1. The molecule has 0 radical (unpaired) electrons. The Hall–Kier alpha value is -2.02. The topological polar surface area (TPSA) is 68.8 Å². The molecule has 0 atom stereocenters. The van der Waals surface area contributed by atoms with E-state index in [0.717, 1.165) is 0 Å². The lowest BCUT2D eigenvalue weighted by Gasteiger charge is -2.11. The fourth-order valence-corrected chi connectivity index (χ4v) is 1.96. The highest BCUT2D eigenvalue weighted by Gasteiger charge is 2.31. The average Bonchev–Trinajstić information content (AvgIpc) is 2.58. The van der Waals surface area contributed by atoms with Crippen molar-refractivity contribution in [1.82, 2.24) is 4.57 Å². The minimum Gasteiger partial charge on any atom is -0.860 e. The molecular formula is C11H9N2O2-. The van der Waals surface area contributed by atoms with Crippen LogP contribution in [0.2, 0.25) is 0 Å². The number of fused-ring (bicyclic) bond motifs is 1. The van der Waals surface area contributed by atoms with Gasteiger partial charge in [0.2, 0.25) is 5.78 Å². The monoisotopic (exact) mass is 201 g/mol. The van der Waals surface area contributed by atoms with Crippen LogP contribution in [0.15, 0.2) is 5.57 Å². The maximum Gasteiger partial charge on any atom is 0.206 e. The van der Waals surface area contributed by atoms with Gasteiger partial charge in [-0.25, -0.2) is 0 Å². The van der Waals surface area contributed by atoms with E-state index >= 15 is 0 Å². The molecule has 4 heteroatoms. The Morgan fingerprint density at radius 2 is 1.93 bits per heavy atom. The first-order valence-corrected chi connectivity index (χ1v) is 4.53. The minimum atomic E-state index is -0.319. The van der Waals surface area contributed by atoms with Crippen LogP contribution in [0, 0.1) is 18.3 Å². The van der Waals surface area contributed by atoms with E-state index < -0.39 is 0 Å². The number of carbonyl (C=O) groups excluding carboxylic acids is 1. The lowest BCUT2D eigenvalue weighted by Crippen LogP contribution is -2.04. The highest BCUT2D eigenvalue weighted by Crippen LogP contribution is 2.40. The fraction of sp³-hybridized carbons (Fsp3) is 0.273. The van der Waals surface area contributed by atoms with E-state index in [1.54, 1.807) is 20.9 Å². The van der Waals surface area contributed by atoms with E-state index in [9.17, 15) is 9.90 Å². The van der Waals surface area contributed by atoms with E-state index in [2.05, 4.69) is 0 Å². The number of ketones is 1. The second-order valence-corrected chi connectivity index (χ2v) is 3.64. The first-order valence-electron chi connectivity index (χ1n) is 4.53. The average molecular weight is 201 g/mol. The molecule has 4 nitrogen and oxygen atoms in total. The van der Waals surface area contributed by atoms with E-state index in [0.29, 0.717) is 22.4 Å². The van der Waals surface area contributed by atoms with Crippen molar-refractivity contribution >= 4 is 11.4 Å². The summed E-state index contributed by atoms with van der Waals surface area (Å²) in [6.07, 6.45) is 0. The molecule has 2 rings (SSSR count). The van der Waals surface area contributed by atoms with Gasteiger partial charge in [0.05, 0.1) is 5.56 Å². The molecule has 1 aliphatic rings. The van der Waals surface area contributed by atoms with Gasteiger partial charge in [-0.05, 0) is 25.3 Å². The molecular weight excluding hydrogens is 192 g/mol.